The van der Waals surface area contributed by atoms with Crippen molar-refractivity contribution < 1.29 is 14.3 Å². The Hall–Kier alpha value is -2.82. The first kappa shape index (κ1) is 17.0. The van der Waals surface area contributed by atoms with Crippen molar-refractivity contribution in [2.24, 2.45) is 5.92 Å². The maximum absolute atomic E-state index is 12.6. The van der Waals surface area contributed by atoms with Crippen LogP contribution in [0.1, 0.15) is 18.9 Å². The summed E-state index contributed by atoms with van der Waals surface area (Å²) in [5.74, 6) is 0.250. The standard InChI is InChI=1S/C20H22N2O3/c1-3-14-6-4-5-7-18(14)21-20(24)15-12-19(23)22(13-15)16-8-10-17(25-2)11-9-16/h4-11,15H,3,12-13H2,1-2H3,(H,21,24)/t15-/m0/s1. The van der Waals surface area contributed by atoms with Gasteiger partial charge < -0.3 is 15.0 Å². The van der Waals surface area contributed by atoms with Crippen molar-refractivity contribution in [3.8, 4) is 5.75 Å². The molecule has 5 nitrogen and oxygen atoms in total. The van der Waals surface area contributed by atoms with Gasteiger partial charge in [0.2, 0.25) is 11.8 Å². The van der Waals surface area contributed by atoms with E-state index >= 15 is 0 Å². The zero-order valence-corrected chi connectivity index (χ0v) is 14.5. The number of amides is 2. The number of aryl methyl sites for hydroxylation is 1. The largest absolute Gasteiger partial charge is 0.497 e. The van der Waals surface area contributed by atoms with Crippen molar-refractivity contribution in [1.82, 2.24) is 0 Å². The number of benzene rings is 2. The fourth-order valence-corrected chi connectivity index (χ4v) is 3.08. The van der Waals surface area contributed by atoms with E-state index in [2.05, 4.69) is 12.2 Å². The lowest BCUT2D eigenvalue weighted by atomic mass is 10.1. The first-order valence-corrected chi connectivity index (χ1v) is 8.45. The minimum atomic E-state index is -0.348. The average Bonchev–Trinajstić information content (AvgIpc) is 3.04. The van der Waals surface area contributed by atoms with E-state index in [0.717, 1.165) is 29.1 Å². The second kappa shape index (κ2) is 7.38. The number of nitrogens with one attached hydrogen (secondary N) is 1. The summed E-state index contributed by atoms with van der Waals surface area (Å²) in [6, 6.07) is 15.1. The molecule has 2 amide bonds. The van der Waals surface area contributed by atoms with Gasteiger partial charge in [0.25, 0.3) is 0 Å². The molecular weight excluding hydrogens is 316 g/mol. The smallest absolute Gasteiger partial charge is 0.229 e. The van der Waals surface area contributed by atoms with E-state index in [4.69, 9.17) is 4.74 Å². The first-order chi connectivity index (χ1) is 12.1. The molecule has 25 heavy (non-hydrogen) atoms. The number of ether oxygens (including phenoxy) is 1. The molecule has 5 heteroatoms. The second-order valence-electron chi connectivity index (χ2n) is 6.10. The molecule has 0 saturated carbocycles. The normalized spacial score (nSPS) is 16.8. The van der Waals surface area contributed by atoms with Gasteiger partial charge >= 0.3 is 0 Å². The maximum atomic E-state index is 12.6. The number of anilines is 2. The molecular formula is C20H22N2O3. The molecule has 0 aliphatic carbocycles. The monoisotopic (exact) mass is 338 g/mol. The van der Waals surface area contributed by atoms with E-state index in [1.807, 2.05) is 48.5 Å². The van der Waals surface area contributed by atoms with Gasteiger partial charge in [0, 0.05) is 24.3 Å². The number of carbonyl (C=O) groups is 2. The number of nitrogens with zero attached hydrogens (tertiary/aromatic N) is 1. The van der Waals surface area contributed by atoms with Gasteiger partial charge in [-0.05, 0) is 42.3 Å². The van der Waals surface area contributed by atoms with E-state index in [-0.39, 0.29) is 24.2 Å². The van der Waals surface area contributed by atoms with Crippen LogP contribution in [0.2, 0.25) is 0 Å². The van der Waals surface area contributed by atoms with Crippen molar-refractivity contribution in [3.05, 3.63) is 54.1 Å². The SMILES string of the molecule is CCc1ccccc1NC(=O)[C@H]1CC(=O)N(c2ccc(OC)cc2)C1. The quantitative estimate of drug-likeness (QED) is 0.910. The summed E-state index contributed by atoms with van der Waals surface area (Å²) in [6.07, 6.45) is 1.07. The lowest BCUT2D eigenvalue weighted by molar-refractivity contribution is -0.122. The Morgan fingerprint density at radius 1 is 1.20 bits per heavy atom. The maximum Gasteiger partial charge on any atom is 0.229 e. The van der Waals surface area contributed by atoms with Gasteiger partial charge in [0.05, 0.1) is 13.0 Å². The van der Waals surface area contributed by atoms with E-state index in [1.165, 1.54) is 0 Å². The number of hydrogen-bond acceptors (Lipinski definition) is 3. The molecule has 1 aliphatic rings. The lowest BCUT2D eigenvalue weighted by Gasteiger charge is -2.17. The summed E-state index contributed by atoms with van der Waals surface area (Å²) in [7, 11) is 1.60. The summed E-state index contributed by atoms with van der Waals surface area (Å²) < 4.78 is 5.14. The highest BCUT2D eigenvalue weighted by atomic mass is 16.5. The summed E-state index contributed by atoms with van der Waals surface area (Å²) in [6.45, 7) is 2.45. The predicted molar refractivity (Wildman–Crippen MR) is 97.9 cm³/mol. The molecule has 1 atom stereocenters. The Morgan fingerprint density at radius 3 is 2.60 bits per heavy atom. The van der Waals surface area contributed by atoms with Crippen molar-refractivity contribution in [2.75, 3.05) is 23.9 Å². The predicted octanol–water partition coefficient (Wildman–Crippen LogP) is 3.25. The Morgan fingerprint density at radius 2 is 1.92 bits per heavy atom. The van der Waals surface area contributed by atoms with Crippen LogP contribution < -0.4 is 15.0 Å². The third kappa shape index (κ3) is 3.65. The average molecular weight is 338 g/mol. The number of carbonyl (C=O) groups excluding carboxylic acids is 2. The van der Waals surface area contributed by atoms with Crippen molar-refractivity contribution in [2.45, 2.75) is 19.8 Å². The fraction of sp³-hybridized carbons (Fsp3) is 0.300. The van der Waals surface area contributed by atoms with Crippen LogP contribution in [0.15, 0.2) is 48.5 Å². The van der Waals surface area contributed by atoms with Crippen molar-refractivity contribution in [3.63, 3.8) is 0 Å². The van der Waals surface area contributed by atoms with Crippen LogP contribution in [0, 0.1) is 5.92 Å². The minimum absolute atomic E-state index is 0.0332. The molecule has 0 bridgehead atoms. The molecule has 1 saturated heterocycles. The highest BCUT2D eigenvalue weighted by Crippen LogP contribution is 2.28. The molecule has 2 aromatic carbocycles. The Kier molecular flexibility index (Phi) is 5.03. The second-order valence-corrected chi connectivity index (χ2v) is 6.10. The Labute approximate surface area is 147 Å². The van der Waals surface area contributed by atoms with Crippen LogP contribution in [-0.4, -0.2) is 25.5 Å². The van der Waals surface area contributed by atoms with Gasteiger partial charge in [-0.2, -0.15) is 0 Å². The zero-order valence-electron chi connectivity index (χ0n) is 14.5. The summed E-state index contributed by atoms with van der Waals surface area (Å²) in [4.78, 5) is 26.6. The third-order valence-corrected chi connectivity index (χ3v) is 4.54. The van der Waals surface area contributed by atoms with Crippen LogP contribution >= 0.6 is 0 Å². The number of methoxy groups -OCH3 is 1. The van der Waals surface area contributed by atoms with Crippen LogP contribution in [0.3, 0.4) is 0 Å². The lowest BCUT2D eigenvalue weighted by Crippen LogP contribution is -2.28. The van der Waals surface area contributed by atoms with Crippen molar-refractivity contribution >= 4 is 23.2 Å². The molecule has 0 unspecified atom stereocenters. The zero-order chi connectivity index (χ0) is 17.8. The molecule has 0 spiro atoms. The van der Waals surface area contributed by atoms with Crippen LogP contribution in [0.25, 0.3) is 0 Å². The molecule has 0 aromatic heterocycles. The molecule has 0 radical (unpaired) electrons. The Bertz CT molecular complexity index is 771. The van der Waals surface area contributed by atoms with E-state index in [0.29, 0.717) is 6.54 Å². The fourth-order valence-electron chi connectivity index (χ4n) is 3.08. The molecule has 2 aromatic rings. The molecule has 1 heterocycles. The highest BCUT2D eigenvalue weighted by Gasteiger charge is 2.35. The van der Waals surface area contributed by atoms with Gasteiger partial charge in [-0.15, -0.1) is 0 Å². The summed E-state index contributed by atoms with van der Waals surface area (Å²) in [5, 5.41) is 2.98. The van der Waals surface area contributed by atoms with Crippen molar-refractivity contribution in [1.29, 1.82) is 0 Å². The molecule has 1 N–H and O–H groups in total. The van der Waals surface area contributed by atoms with E-state index in [9.17, 15) is 9.59 Å². The van der Waals surface area contributed by atoms with E-state index in [1.54, 1.807) is 12.0 Å². The van der Waals surface area contributed by atoms with Gasteiger partial charge in [-0.1, -0.05) is 25.1 Å². The van der Waals surface area contributed by atoms with Gasteiger partial charge in [0.15, 0.2) is 0 Å². The highest BCUT2D eigenvalue weighted by molar-refractivity contribution is 6.03. The van der Waals surface area contributed by atoms with Gasteiger partial charge in [-0.25, -0.2) is 0 Å². The molecule has 3 rings (SSSR count). The molecule has 1 aliphatic heterocycles. The number of para-hydroxylation sites is 1. The molecule has 1 fully saturated rings. The molecule has 130 valence electrons. The number of hydrogen-bond donors (Lipinski definition) is 1. The topological polar surface area (TPSA) is 58.6 Å². The van der Waals surface area contributed by atoms with Crippen LogP contribution in [0.4, 0.5) is 11.4 Å². The summed E-state index contributed by atoms with van der Waals surface area (Å²) >= 11 is 0. The van der Waals surface area contributed by atoms with Crippen LogP contribution in [-0.2, 0) is 16.0 Å². The number of rotatable bonds is 5. The van der Waals surface area contributed by atoms with E-state index < -0.39 is 0 Å². The third-order valence-electron chi connectivity index (χ3n) is 4.54. The van der Waals surface area contributed by atoms with Gasteiger partial charge in [0.1, 0.15) is 5.75 Å². The summed E-state index contributed by atoms with van der Waals surface area (Å²) in [5.41, 5.74) is 2.70. The minimum Gasteiger partial charge on any atom is -0.497 e. The van der Waals surface area contributed by atoms with Gasteiger partial charge in [-0.3, -0.25) is 9.59 Å². The Balaban J connectivity index is 1.70. The first-order valence-electron chi connectivity index (χ1n) is 8.45. The van der Waals surface area contributed by atoms with Crippen LogP contribution in [0.5, 0.6) is 5.75 Å².